The van der Waals surface area contributed by atoms with Gasteiger partial charge in [-0.15, -0.1) is 0 Å². The number of halogens is 1. The number of rotatable bonds is 1. The minimum Gasteiger partial charge on any atom is -0.444 e. The maximum Gasteiger partial charge on any atom is 0.412 e. The number of carbonyl (C=O) groups is 1. The van der Waals surface area contributed by atoms with Crippen molar-refractivity contribution >= 4 is 34.3 Å². The SMILES string of the molecule is CC(C)(C)OC(=O)Nc1cc(Cl)nc2cnccc12. The summed E-state index contributed by atoms with van der Waals surface area (Å²) in [5.41, 5.74) is 0.603. The first-order chi connectivity index (χ1) is 8.85. The second-order valence-electron chi connectivity index (χ2n) is 5.01. The maximum atomic E-state index is 11.8. The van der Waals surface area contributed by atoms with Crippen LogP contribution >= 0.6 is 11.6 Å². The van der Waals surface area contributed by atoms with Crippen molar-refractivity contribution in [2.75, 3.05) is 5.32 Å². The highest BCUT2D eigenvalue weighted by Gasteiger charge is 2.17. The molecule has 0 spiro atoms. The first-order valence-electron chi connectivity index (χ1n) is 5.75. The average Bonchev–Trinajstić information content (AvgIpc) is 2.25. The van der Waals surface area contributed by atoms with Gasteiger partial charge < -0.3 is 4.74 Å². The van der Waals surface area contributed by atoms with Gasteiger partial charge in [0.15, 0.2) is 0 Å². The van der Waals surface area contributed by atoms with E-state index in [2.05, 4.69) is 15.3 Å². The van der Waals surface area contributed by atoms with Crippen LogP contribution in [0.25, 0.3) is 10.9 Å². The van der Waals surface area contributed by atoms with Crippen LogP contribution < -0.4 is 5.32 Å². The molecule has 0 aromatic carbocycles. The Morgan fingerprint density at radius 1 is 1.42 bits per heavy atom. The molecule has 0 bridgehead atoms. The molecule has 2 heterocycles. The van der Waals surface area contributed by atoms with Crippen molar-refractivity contribution < 1.29 is 9.53 Å². The zero-order valence-corrected chi connectivity index (χ0v) is 11.7. The summed E-state index contributed by atoms with van der Waals surface area (Å²) in [6.45, 7) is 5.40. The van der Waals surface area contributed by atoms with E-state index in [4.69, 9.17) is 16.3 Å². The Bertz CT molecular complexity index is 623. The van der Waals surface area contributed by atoms with Gasteiger partial charge >= 0.3 is 6.09 Å². The minimum atomic E-state index is -0.557. The van der Waals surface area contributed by atoms with E-state index in [-0.39, 0.29) is 5.15 Å². The minimum absolute atomic E-state index is 0.284. The number of carbonyl (C=O) groups excluding carboxylic acids is 1. The Balaban J connectivity index is 2.32. The highest BCUT2D eigenvalue weighted by molar-refractivity contribution is 6.30. The average molecular weight is 280 g/mol. The van der Waals surface area contributed by atoms with Crippen molar-refractivity contribution in [3.8, 4) is 0 Å². The Hall–Kier alpha value is -1.88. The van der Waals surface area contributed by atoms with Gasteiger partial charge in [0.25, 0.3) is 0 Å². The number of pyridine rings is 2. The second kappa shape index (κ2) is 5.01. The molecule has 0 unspecified atom stereocenters. The molecule has 0 aliphatic carbocycles. The molecule has 0 atom stereocenters. The molecule has 0 fully saturated rings. The first-order valence-corrected chi connectivity index (χ1v) is 6.13. The predicted octanol–water partition coefficient (Wildman–Crippen LogP) is 3.63. The number of ether oxygens (including phenoxy) is 1. The van der Waals surface area contributed by atoms with E-state index in [1.165, 1.54) is 0 Å². The highest BCUT2D eigenvalue weighted by atomic mass is 35.5. The molecule has 2 aromatic rings. The van der Waals surface area contributed by atoms with Crippen LogP contribution in [-0.2, 0) is 4.74 Å². The third kappa shape index (κ3) is 3.54. The number of hydrogen-bond acceptors (Lipinski definition) is 4. The van der Waals surface area contributed by atoms with E-state index in [1.54, 1.807) is 45.3 Å². The lowest BCUT2D eigenvalue weighted by Gasteiger charge is -2.20. The topological polar surface area (TPSA) is 64.1 Å². The fourth-order valence-electron chi connectivity index (χ4n) is 1.56. The van der Waals surface area contributed by atoms with Crippen LogP contribution in [0.3, 0.4) is 0 Å². The molecule has 1 N–H and O–H groups in total. The van der Waals surface area contributed by atoms with E-state index in [9.17, 15) is 4.79 Å². The number of nitrogens with one attached hydrogen (secondary N) is 1. The zero-order chi connectivity index (χ0) is 14.0. The molecule has 0 saturated carbocycles. The van der Waals surface area contributed by atoms with Gasteiger partial charge in [-0.25, -0.2) is 9.78 Å². The lowest BCUT2D eigenvalue weighted by molar-refractivity contribution is 0.0636. The van der Waals surface area contributed by atoms with E-state index < -0.39 is 11.7 Å². The van der Waals surface area contributed by atoms with E-state index in [0.29, 0.717) is 11.2 Å². The van der Waals surface area contributed by atoms with Crippen LogP contribution in [0.1, 0.15) is 20.8 Å². The van der Waals surface area contributed by atoms with Crippen LogP contribution in [0, 0.1) is 0 Å². The number of fused-ring (bicyclic) bond motifs is 1. The van der Waals surface area contributed by atoms with Crippen molar-refractivity contribution in [2.24, 2.45) is 0 Å². The molecular weight excluding hydrogens is 266 g/mol. The molecule has 100 valence electrons. The number of nitrogens with zero attached hydrogens (tertiary/aromatic N) is 2. The normalized spacial score (nSPS) is 11.4. The van der Waals surface area contributed by atoms with E-state index in [1.807, 2.05) is 0 Å². The van der Waals surface area contributed by atoms with Crippen molar-refractivity contribution in [2.45, 2.75) is 26.4 Å². The third-order valence-electron chi connectivity index (χ3n) is 2.22. The number of anilines is 1. The number of amides is 1. The van der Waals surface area contributed by atoms with Crippen molar-refractivity contribution in [1.29, 1.82) is 0 Å². The second-order valence-corrected chi connectivity index (χ2v) is 5.40. The first kappa shape index (κ1) is 13.5. The quantitative estimate of drug-likeness (QED) is 0.810. The lowest BCUT2D eigenvalue weighted by Crippen LogP contribution is -2.27. The van der Waals surface area contributed by atoms with Gasteiger partial charge in [-0.1, -0.05) is 11.6 Å². The van der Waals surface area contributed by atoms with E-state index >= 15 is 0 Å². The highest BCUT2D eigenvalue weighted by Crippen LogP contribution is 2.25. The maximum absolute atomic E-state index is 11.8. The molecular formula is C13H14ClN3O2. The summed E-state index contributed by atoms with van der Waals surface area (Å²) in [6, 6.07) is 3.33. The summed E-state index contributed by atoms with van der Waals surface area (Å²) in [5.74, 6) is 0. The van der Waals surface area contributed by atoms with Crippen LogP contribution in [-0.4, -0.2) is 21.7 Å². The molecule has 1 amide bonds. The van der Waals surface area contributed by atoms with Crippen LogP contribution in [0.5, 0.6) is 0 Å². The Morgan fingerprint density at radius 3 is 2.84 bits per heavy atom. The summed E-state index contributed by atoms with van der Waals surface area (Å²) in [7, 11) is 0. The smallest absolute Gasteiger partial charge is 0.412 e. The molecule has 19 heavy (non-hydrogen) atoms. The largest absolute Gasteiger partial charge is 0.444 e. The van der Waals surface area contributed by atoms with Gasteiger partial charge in [-0.2, -0.15) is 0 Å². The zero-order valence-electron chi connectivity index (χ0n) is 10.9. The summed E-state index contributed by atoms with van der Waals surface area (Å²) < 4.78 is 5.20. The molecule has 5 nitrogen and oxygen atoms in total. The Morgan fingerprint density at radius 2 is 2.16 bits per heavy atom. The molecule has 0 aliphatic rings. The molecule has 0 radical (unpaired) electrons. The van der Waals surface area contributed by atoms with Gasteiger partial charge in [-0.05, 0) is 32.9 Å². The third-order valence-corrected chi connectivity index (χ3v) is 2.41. The summed E-state index contributed by atoms with van der Waals surface area (Å²) in [4.78, 5) is 19.9. The number of hydrogen-bond donors (Lipinski definition) is 1. The fraction of sp³-hybridized carbons (Fsp3) is 0.308. The summed E-state index contributed by atoms with van der Waals surface area (Å²) in [5, 5.41) is 3.71. The van der Waals surface area contributed by atoms with Gasteiger partial charge in [-0.3, -0.25) is 10.3 Å². The van der Waals surface area contributed by atoms with E-state index in [0.717, 1.165) is 5.39 Å². The lowest BCUT2D eigenvalue weighted by atomic mass is 10.2. The van der Waals surface area contributed by atoms with Crippen molar-refractivity contribution in [3.05, 3.63) is 29.7 Å². The van der Waals surface area contributed by atoms with Crippen LogP contribution in [0.2, 0.25) is 5.15 Å². The van der Waals surface area contributed by atoms with Crippen molar-refractivity contribution in [1.82, 2.24) is 9.97 Å². The van der Waals surface area contributed by atoms with Gasteiger partial charge in [0.2, 0.25) is 0 Å². The fourth-order valence-corrected chi connectivity index (χ4v) is 1.76. The monoisotopic (exact) mass is 279 g/mol. The summed E-state index contributed by atoms with van der Waals surface area (Å²) in [6.07, 6.45) is 2.67. The van der Waals surface area contributed by atoms with Crippen molar-refractivity contribution in [3.63, 3.8) is 0 Å². The molecule has 2 aromatic heterocycles. The molecule has 6 heteroatoms. The molecule has 2 rings (SSSR count). The number of aromatic nitrogens is 2. The predicted molar refractivity (Wildman–Crippen MR) is 74.4 cm³/mol. The Labute approximate surface area is 116 Å². The Kier molecular flexibility index (Phi) is 3.57. The molecule has 0 aliphatic heterocycles. The van der Waals surface area contributed by atoms with Gasteiger partial charge in [0, 0.05) is 11.6 Å². The van der Waals surface area contributed by atoms with Gasteiger partial charge in [0.1, 0.15) is 10.8 Å². The molecule has 0 saturated heterocycles. The van der Waals surface area contributed by atoms with Crippen LogP contribution in [0.4, 0.5) is 10.5 Å². The standard InChI is InChI=1S/C13H14ClN3O2/c1-13(2,3)19-12(18)17-9-6-11(14)16-10-7-15-5-4-8(9)10/h4-7H,1-3H3,(H,16,17,18). The van der Waals surface area contributed by atoms with Gasteiger partial charge in [0.05, 0.1) is 17.4 Å². The van der Waals surface area contributed by atoms with Crippen LogP contribution in [0.15, 0.2) is 24.5 Å². The summed E-state index contributed by atoms with van der Waals surface area (Å²) >= 11 is 5.91.